The second kappa shape index (κ2) is 5.36. The highest BCUT2D eigenvalue weighted by atomic mass is 15.2. The van der Waals surface area contributed by atoms with Crippen LogP contribution in [-0.4, -0.2) is 16.8 Å². The molecule has 18 heavy (non-hydrogen) atoms. The van der Waals surface area contributed by atoms with Gasteiger partial charge in [0.25, 0.3) is 0 Å². The molecule has 3 nitrogen and oxygen atoms in total. The molecule has 1 aromatic carbocycles. The molecule has 1 N–H and O–H groups in total. The summed E-state index contributed by atoms with van der Waals surface area (Å²) in [7, 11) is 3.95. The fourth-order valence-corrected chi connectivity index (χ4v) is 2.43. The summed E-state index contributed by atoms with van der Waals surface area (Å²) in [6.45, 7) is 4.30. The lowest BCUT2D eigenvalue weighted by Crippen LogP contribution is -2.18. The number of aryl methyl sites for hydroxylation is 3. The quantitative estimate of drug-likeness (QED) is 0.894. The maximum absolute atomic E-state index is 4.24. The molecule has 0 spiro atoms. The zero-order chi connectivity index (χ0) is 13.1. The standard InChI is InChI=1S/C15H21N3/c1-11-5-12(2)7-13(6-11)8-15(16-3)14-9-17-18(4)10-14/h5-7,9-10,15-16H,8H2,1-4H3. The number of benzene rings is 1. The van der Waals surface area contributed by atoms with Gasteiger partial charge in [-0.05, 0) is 32.9 Å². The Labute approximate surface area is 109 Å². The predicted molar refractivity (Wildman–Crippen MR) is 74.6 cm³/mol. The van der Waals surface area contributed by atoms with Crippen molar-refractivity contribution in [3.05, 3.63) is 52.8 Å². The first-order valence-corrected chi connectivity index (χ1v) is 6.31. The average molecular weight is 243 g/mol. The molecule has 0 amide bonds. The first-order chi connectivity index (χ1) is 8.58. The first-order valence-electron chi connectivity index (χ1n) is 6.31. The number of likely N-dealkylation sites (N-methyl/N-ethyl adjacent to an activating group) is 1. The van der Waals surface area contributed by atoms with Crippen LogP contribution in [-0.2, 0) is 13.5 Å². The summed E-state index contributed by atoms with van der Waals surface area (Å²) in [6, 6.07) is 7.04. The molecule has 0 radical (unpaired) electrons. The Morgan fingerprint density at radius 1 is 1.22 bits per heavy atom. The molecule has 0 fully saturated rings. The van der Waals surface area contributed by atoms with Gasteiger partial charge in [0.15, 0.2) is 0 Å². The Hall–Kier alpha value is -1.61. The van der Waals surface area contributed by atoms with Crippen molar-refractivity contribution in [1.29, 1.82) is 0 Å². The van der Waals surface area contributed by atoms with Gasteiger partial charge in [0.2, 0.25) is 0 Å². The molecule has 3 heteroatoms. The number of hydrogen-bond acceptors (Lipinski definition) is 2. The molecule has 1 aromatic heterocycles. The molecular formula is C15H21N3. The molecule has 1 unspecified atom stereocenters. The van der Waals surface area contributed by atoms with E-state index in [4.69, 9.17) is 0 Å². The van der Waals surface area contributed by atoms with E-state index in [0.29, 0.717) is 6.04 Å². The van der Waals surface area contributed by atoms with Crippen LogP contribution in [0.5, 0.6) is 0 Å². The van der Waals surface area contributed by atoms with E-state index in [-0.39, 0.29) is 0 Å². The van der Waals surface area contributed by atoms with Gasteiger partial charge in [0.05, 0.1) is 6.20 Å². The monoisotopic (exact) mass is 243 g/mol. The molecule has 96 valence electrons. The van der Waals surface area contributed by atoms with Crippen LogP contribution < -0.4 is 5.32 Å². The third kappa shape index (κ3) is 2.99. The van der Waals surface area contributed by atoms with Crippen molar-refractivity contribution in [1.82, 2.24) is 15.1 Å². The van der Waals surface area contributed by atoms with Gasteiger partial charge in [-0.3, -0.25) is 4.68 Å². The Kier molecular flexibility index (Phi) is 3.82. The normalized spacial score (nSPS) is 12.7. The third-order valence-electron chi connectivity index (χ3n) is 3.20. The predicted octanol–water partition coefficient (Wildman–Crippen LogP) is 2.54. The van der Waals surface area contributed by atoms with E-state index in [9.17, 15) is 0 Å². The Balaban J connectivity index is 2.20. The van der Waals surface area contributed by atoms with E-state index in [1.54, 1.807) is 0 Å². The summed E-state index contributed by atoms with van der Waals surface area (Å²) in [5.74, 6) is 0. The smallest absolute Gasteiger partial charge is 0.0537 e. The van der Waals surface area contributed by atoms with Crippen molar-refractivity contribution < 1.29 is 0 Å². The largest absolute Gasteiger partial charge is 0.313 e. The minimum atomic E-state index is 0.319. The molecule has 0 saturated carbocycles. The summed E-state index contributed by atoms with van der Waals surface area (Å²) in [4.78, 5) is 0. The highest BCUT2D eigenvalue weighted by Crippen LogP contribution is 2.19. The lowest BCUT2D eigenvalue weighted by Gasteiger charge is -2.15. The second-order valence-electron chi connectivity index (χ2n) is 4.99. The van der Waals surface area contributed by atoms with Crippen molar-refractivity contribution in [2.75, 3.05) is 7.05 Å². The van der Waals surface area contributed by atoms with Crippen molar-refractivity contribution >= 4 is 0 Å². The SMILES string of the molecule is CNC(Cc1cc(C)cc(C)c1)c1cnn(C)c1. The maximum Gasteiger partial charge on any atom is 0.0537 e. The molecule has 1 heterocycles. The van der Waals surface area contributed by atoms with Gasteiger partial charge in [0.1, 0.15) is 0 Å². The Morgan fingerprint density at radius 3 is 2.39 bits per heavy atom. The topological polar surface area (TPSA) is 29.9 Å². The van der Waals surface area contributed by atoms with Crippen molar-refractivity contribution in [2.24, 2.45) is 7.05 Å². The molecule has 0 aliphatic carbocycles. The molecule has 0 aliphatic heterocycles. The molecular weight excluding hydrogens is 222 g/mol. The van der Waals surface area contributed by atoms with Gasteiger partial charge in [0, 0.05) is 24.8 Å². The summed E-state index contributed by atoms with van der Waals surface area (Å²) in [6.07, 6.45) is 5.00. The number of nitrogens with one attached hydrogen (secondary N) is 1. The number of hydrogen-bond donors (Lipinski definition) is 1. The highest BCUT2D eigenvalue weighted by Gasteiger charge is 2.12. The highest BCUT2D eigenvalue weighted by molar-refractivity contribution is 5.30. The van der Waals surface area contributed by atoms with Crippen LogP contribution in [0.25, 0.3) is 0 Å². The van der Waals surface area contributed by atoms with E-state index < -0.39 is 0 Å². The fraction of sp³-hybridized carbons (Fsp3) is 0.400. The van der Waals surface area contributed by atoms with Crippen molar-refractivity contribution in [2.45, 2.75) is 26.3 Å². The van der Waals surface area contributed by atoms with Gasteiger partial charge in [-0.15, -0.1) is 0 Å². The molecule has 0 saturated heterocycles. The van der Waals surface area contributed by atoms with Crippen LogP contribution in [0.2, 0.25) is 0 Å². The molecule has 2 rings (SSSR count). The van der Waals surface area contributed by atoms with E-state index in [2.05, 4.69) is 48.7 Å². The maximum atomic E-state index is 4.24. The van der Waals surface area contributed by atoms with Gasteiger partial charge in [-0.2, -0.15) is 5.10 Å². The van der Waals surface area contributed by atoms with E-state index >= 15 is 0 Å². The average Bonchev–Trinajstić information content (AvgIpc) is 2.71. The minimum absolute atomic E-state index is 0.319. The fourth-order valence-electron chi connectivity index (χ4n) is 2.43. The van der Waals surface area contributed by atoms with E-state index in [0.717, 1.165) is 6.42 Å². The van der Waals surface area contributed by atoms with Crippen LogP contribution in [0.4, 0.5) is 0 Å². The second-order valence-corrected chi connectivity index (χ2v) is 4.99. The minimum Gasteiger partial charge on any atom is -0.313 e. The molecule has 0 aliphatic rings. The van der Waals surface area contributed by atoms with Gasteiger partial charge in [-0.25, -0.2) is 0 Å². The molecule has 1 atom stereocenters. The van der Waals surface area contributed by atoms with E-state index in [1.165, 1.54) is 22.3 Å². The Morgan fingerprint density at radius 2 is 1.89 bits per heavy atom. The number of aromatic nitrogens is 2. The van der Waals surface area contributed by atoms with Crippen LogP contribution >= 0.6 is 0 Å². The number of rotatable bonds is 4. The molecule has 2 aromatic rings. The van der Waals surface area contributed by atoms with Crippen LogP contribution in [0.1, 0.15) is 28.3 Å². The lowest BCUT2D eigenvalue weighted by atomic mass is 9.98. The van der Waals surface area contributed by atoms with Gasteiger partial charge in [-0.1, -0.05) is 29.3 Å². The summed E-state index contributed by atoms with van der Waals surface area (Å²) < 4.78 is 1.85. The zero-order valence-electron chi connectivity index (χ0n) is 11.6. The first kappa shape index (κ1) is 12.8. The van der Waals surface area contributed by atoms with Crippen LogP contribution in [0, 0.1) is 13.8 Å². The summed E-state index contributed by atoms with van der Waals surface area (Å²) >= 11 is 0. The van der Waals surface area contributed by atoms with E-state index in [1.807, 2.05) is 25.0 Å². The lowest BCUT2D eigenvalue weighted by molar-refractivity contribution is 0.591. The van der Waals surface area contributed by atoms with Crippen molar-refractivity contribution in [3.8, 4) is 0 Å². The molecule has 0 bridgehead atoms. The van der Waals surface area contributed by atoms with Crippen LogP contribution in [0.15, 0.2) is 30.6 Å². The van der Waals surface area contributed by atoms with Gasteiger partial charge >= 0.3 is 0 Å². The van der Waals surface area contributed by atoms with Crippen molar-refractivity contribution in [3.63, 3.8) is 0 Å². The van der Waals surface area contributed by atoms with Crippen LogP contribution in [0.3, 0.4) is 0 Å². The zero-order valence-corrected chi connectivity index (χ0v) is 11.6. The van der Waals surface area contributed by atoms with Gasteiger partial charge < -0.3 is 5.32 Å². The summed E-state index contributed by atoms with van der Waals surface area (Å²) in [5.41, 5.74) is 5.26. The number of nitrogens with zero attached hydrogens (tertiary/aromatic N) is 2. The Bertz CT molecular complexity index is 508. The third-order valence-corrected chi connectivity index (χ3v) is 3.20. The summed E-state index contributed by atoms with van der Waals surface area (Å²) in [5, 5.41) is 7.60.